The summed E-state index contributed by atoms with van der Waals surface area (Å²) in [4.78, 5) is 3.38. The molecule has 0 aliphatic heterocycles. The smallest absolute Gasteiger partial charge is 0.434 e. The molecule has 8 heteroatoms. The number of thiazole rings is 1. The fourth-order valence-electron chi connectivity index (χ4n) is 1.38. The molecule has 4 nitrogen and oxygen atoms in total. The van der Waals surface area contributed by atoms with Crippen molar-refractivity contribution in [3.63, 3.8) is 0 Å². The van der Waals surface area contributed by atoms with Gasteiger partial charge in [0.05, 0.1) is 14.2 Å². The summed E-state index contributed by atoms with van der Waals surface area (Å²) in [7, 11) is 2.92. The van der Waals surface area contributed by atoms with Crippen molar-refractivity contribution >= 4 is 11.3 Å². The van der Waals surface area contributed by atoms with Gasteiger partial charge in [-0.15, -0.1) is 0 Å². The maximum atomic E-state index is 12.4. The molecule has 20 heavy (non-hydrogen) atoms. The number of hydrogen-bond acceptors (Lipinski definition) is 5. The van der Waals surface area contributed by atoms with Crippen LogP contribution in [0.25, 0.3) is 0 Å². The Kier molecular flexibility index (Phi) is 4.03. The zero-order valence-electron chi connectivity index (χ0n) is 10.5. The second-order valence-electron chi connectivity index (χ2n) is 3.65. The first-order valence-corrected chi connectivity index (χ1v) is 6.24. The molecule has 2 rings (SSSR count). The highest BCUT2D eigenvalue weighted by molar-refractivity contribution is 7.11. The third kappa shape index (κ3) is 3.32. The molecule has 0 saturated heterocycles. The molecule has 0 amide bonds. The topological polar surface area (TPSA) is 40.6 Å². The molecule has 108 valence electrons. The van der Waals surface area contributed by atoms with Crippen molar-refractivity contribution < 1.29 is 27.4 Å². The average molecular weight is 305 g/mol. The lowest BCUT2D eigenvalue weighted by Gasteiger charge is -2.08. The molecular weight excluding hydrogens is 295 g/mol. The van der Waals surface area contributed by atoms with Crippen LogP contribution in [-0.4, -0.2) is 19.2 Å². The van der Waals surface area contributed by atoms with E-state index in [1.165, 1.54) is 26.4 Å². The first kappa shape index (κ1) is 14.4. The Hall–Kier alpha value is -1.96. The summed E-state index contributed by atoms with van der Waals surface area (Å²) in [6, 6.07) is 4.67. The predicted molar refractivity (Wildman–Crippen MR) is 66.7 cm³/mol. The molecule has 0 bridgehead atoms. The fourth-order valence-corrected chi connectivity index (χ4v) is 2.07. The van der Waals surface area contributed by atoms with Gasteiger partial charge < -0.3 is 14.2 Å². The highest BCUT2D eigenvalue weighted by Crippen LogP contribution is 2.36. The first-order valence-electron chi connectivity index (χ1n) is 5.36. The molecule has 2 aromatic rings. The summed E-state index contributed by atoms with van der Waals surface area (Å²) < 4.78 is 52.6. The molecule has 0 saturated carbocycles. The van der Waals surface area contributed by atoms with Crippen molar-refractivity contribution in [3.05, 3.63) is 29.3 Å². The minimum absolute atomic E-state index is 0.104. The third-order valence-electron chi connectivity index (χ3n) is 2.30. The van der Waals surface area contributed by atoms with Crippen LogP contribution in [0.15, 0.2) is 23.6 Å². The van der Waals surface area contributed by atoms with Crippen LogP contribution in [0.1, 0.15) is 5.69 Å². The van der Waals surface area contributed by atoms with Crippen LogP contribution in [0, 0.1) is 0 Å². The van der Waals surface area contributed by atoms with Gasteiger partial charge in [0, 0.05) is 23.6 Å². The molecule has 0 aliphatic carbocycles. The van der Waals surface area contributed by atoms with Crippen LogP contribution in [-0.2, 0) is 6.18 Å². The van der Waals surface area contributed by atoms with Crippen LogP contribution in [0.3, 0.4) is 0 Å². The van der Waals surface area contributed by atoms with Gasteiger partial charge in [-0.3, -0.25) is 0 Å². The van der Waals surface area contributed by atoms with Crippen molar-refractivity contribution in [2.45, 2.75) is 6.18 Å². The summed E-state index contributed by atoms with van der Waals surface area (Å²) in [6.45, 7) is 0. The molecular formula is C12H10F3NO3S. The summed E-state index contributed by atoms with van der Waals surface area (Å²) in [6.07, 6.45) is -4.48. The van der Waals surface area contributed by atoms with Gasteiger partial charge in [0.15, 0.2) is 5.69 Å². The molecule has 0 radical (unpaired) electrons. The van der Waals surface area contributed by atoms with Crippen LogP contribution < -0.4 is 14.2 Å². The Morgan fingerprint density at radius 2 is 1.55 bits per heavy atom. The molecule has 0 aliphatic rings. The Labute approximate surface area is 116 Å². The number of benzene rings is 1. The number of methoxy groups -OCH3 is 2. The van der Waals surface area contributed by atoms with Crippen molar-refractivity contribution in [1.29, 1.82) is 0 Å². The summed E-state index contributed by atoms with van der Waals surface area (Å²) in [5, 5.41) is 0.792. The molecule has 0 unspecified atom stereocenters. The van der Waals surface area contributed by atoms with E-state index in [1.807, 2.05) is 0 Å². The maximum absolute atomic E-state index is 12.4. The van der Waals surface area contributed by atoms with Gasteiger partial charge in [-0.1, -0.05) is 11.3 Å². The van der Waals surface area contributed by atoms with Gasteiger partial charge >= 0.3 is 6.18 Å². The van der Waals surface area contributed by atoms with E-state index in [0.717, 1.165) is 16.7 Å². The largest absolute Gasteiger partial charge is 0.496 e. The highest BCUT2D eigenvalue weighted by Gasteiger charge is 2.34. The van der Waals surface area contributed by atoms with E-state index in [1.54, 1.807) is 6.07 Å². The Morgan fingerprint density at radius 3 is 2.00 bits per heavy atom. The van der Waals surface area contributed by atoms with Gasteiger partial charge in [0.2, 0.25) is 0 Å². The first-order chi connectivity index (χ1) is 9.42. The van der Waals surface area contributed by atoms with Gasteiger partial charge in [0.25, 0.3) is 5.19 Å². The van der Waals surface area contributed by atoms with E-state index in [4.69, 9.17) is 14.2 Å². The number of aromatic nitrogens is 1. The van der Waals surface area contributed by atoms with E-state index in [0.29, 0.717) is 11.5 Å². The highest BCUT2D eigenvalue weighted by atomic mass is 32.1. The Balaban J connectivity index is 2.23. The van der Waals surface area contributed by atoms with Crippen molar-refractivity contribution in [3.8, 4) is 22.4 Å². The van der Waals surface area contributed by atoms with Crippen LogP contribution in [0.5, 0.6) is 22.4 Å². The summed E-state index contributed by atoms with van der Waals surface area (Å²) in [5.41, 5.74) is -0.979. The number of ether oxygens (including phenoxy) is 3. The number of nitrogens with zero attached hydrogens (tertiary/aromatic N) is 1. The second kappa shape index (κ2) is 5.58. The van der Waals surface area contributed by atoms with Crippen molar-refractivity contribution in [1.82, 2.24) is 4.98 Å². The minimum Gasteiger partial charge on any atom is -0.496 e. The molecule has 0 fully saturated rings. The quantitative estimate of drug-likeness (QED) is 0.857. The zero-order valence-corrected chi connectivity index (χ0v) is 11.3. The van der Waals surface area contributed by atoms with E-state index in [9.17, 15) is 13.2 Å². The monoisotopic (exact) mass is 305 g/mol. The lowest BCUT2D eigenvalue weighted by atomic mass is 10.3. The Bertz CT molecular complexity index is 576. The normalized spacial score (nSPS) is 11.2. The number of rotatable bonds is 4. The lowest BCUT2D eigenvalue weighted by molar-refractivity contribution is -0.140. The number of hydrogen-bond donors (Lipinski definition) is 0. The van der Waals surface area contributed by atoms with Gasteiger partial charge in [-0.2, -0.15) is 18.2 Å². The average Bonchev–Trinajstić information content (AvgIpc) is 2.86. The standard InChI is InChI=1S/C12H10F3NO3S/c1-17-7-3-8(18-2)5-9(4-7)19-11-16-10(6-20-11)12(13,14)15/h3-6H,1-2H3. The van der Waals surface area contributed by atoms with Gasteiger partial charge in [-0.25, -0.2) is 0 Å². The molecule has 1 aromatic carbocycles. The molecule has 1 aromatic heterocycles. The minimum atomic E-state index is -4.48. The van der Waals surface area contributed by atoms with E-state index in [2.05, 4.69) is 4.98 Å². The van der Waals surface area contributed by atoms with E-state index in [-0.39, 0.29) is 10.9 Å². The van der Waals surface area contributed by atoms with Crippen molar-refractivity contribution in [2.24, 2.45) is 0 Å². The van der Waals surface area contributed by atoms with Gasteiger partial charge in [-0.05, 0) is 0 Å². The second-order valence-corrected chi connectivity index (χ2v) is 4.47. The van der Waals surface area contributed by atoms with E-state index < -0.39 is 11.9 Å². The maximum Gasteiger partial charge on any atom is 0.434 e. The molecule has 0 atom stereocenters. The SMILES string of the molecule is COc1cc(OC)cc(Oc2nc(C(F)(F)F)cs2)c1. The Morgan fingerprint density at radius 1 is 1.00 bits per heavy atom. The number of alkyl halides is 3. The summed E-state index contributed by atoms with van der Waals surface area (Å²) in [5.74, 6) is 1.21. The van der Waals surface area contributed by atoms with Crippen LogP contribution >= 0.6 is 11.3 Å². The predicted octanol–water partition coefficient (Wildman–Crippen LogP) is 3.97. The fraction of sp³-hybridized carbons (Fsp3) is 0.250. The van der Waals surface area contributed by atoms with Gasteiger partial charge in [0.1, 0.15) is 17.2 Å². The van der Waals surface area contributed by atoms with Crippen LogP contribution in [0.4, 0.5) is 13.2 Å². The van der Waals surface area contributed by atoms with Crippen molar-refractivity contribution in [2.75, 3.05) is 14.2 Å². The molecule has 0 spiro atoms. The van der Waals surface area contributed by atoms with Crippen LogP contribution in [0.2, 0.25) is 0 Å². The zero-order chi connectivity index (χ0) is 14.8. The molecule has 1 heterocycles. The number of halogens is 3. The molecule has 0 N–H and O–H groups in total. The summed E-state index contributed by atoms with van der Waals surface area (Å²) >= 11 is 0.763. The van der Waals surface area contributed by atoms with E-state index >= 15 is 0 Å². The lowest BCUT2D eigenvalue weighted by Crippen LogP contribution is -2.04. The third-order valence-corrected chi connectivity index (χ3v) is 3.02.